The molecular weight excluding hydrogens is 204 g/mol. The molecule has 1 aromatic heterocycles. The molecule has 0 aliphatic carbocycles. The van der Waals surface area contributed by atoms with Gasteiger partial charge in [-0.3, -0.25) is 0 Å². The summed E-state index contributed by atoms with van der Waals surface area (Å²) in [5.41, 5.74) is 4.90. The van der Waals surface area contributed by atoms with Gasteiger partial charge in [-0.2, -0.15) is 0 Å². The predicted octanol–water partition coefficient (Wildman–Crippen LogP) is 1.47. The molecule has 1 heterocycles. The van der Waals surface area contributed by atoms with Gasteiger partial charge in [0, 0.05) is 0 Å². The fourth-order valence-electron chi connectivity index (χ4n) is 1.14. The van der Waals surface area contributed by atoms with Crippen LogP contribution in [0.25, 0.3) is 11.5 Å². The van der Waals surface area contributed by atoms with E-state index in [2.05, 4.69) is 10.2 Å². The maximum absolute atomic E-state index is 13.3. The zero-order chi connectivity index (χ0) is 10.8. The van der Waals surface area contributed by atoms with Gasteiger partial charge < -0.3 is 10.2 Å². The molecule has 2 aromatic rings. The predicted molar refractivity (Wildman–Crippen MR) is 47.5 cm³/mol. The fraction of sp³-hybridized carbons (Fsp3) is 0.111. The van der Waals surface area contributed by atoms with Crippen molar-refractivity contribution < 1.29 is 13.2 Å². The van der Waals surface area contributed by atoms with E-state index in [-0.39, 0.29) is 23.9 Å². The second-order valence-corrected chi connectivity index (χ2v) is 2.80. The lowest BCUT2D eigenvalue weighted by Gasteiger charge is -1.98. The minimum atomic E-state index is -0.748. The molecule has 0 fully saturated rings. The van der Waals surface area contributed by atoms with Gasteiger partial charge in [0.05, 0.1) is 6.54 Å². The zero-order valence-electron chi connectivity index (χ0n) is 7.58. The van der Waals surface area contributed by atoms with Gasteiger partial charge in [-0.1, -0.05) is 6.07 Å². The smallest absolute Gasteiger partial charge is 0.253 e. The Morgan fingerprint density at radius 1 is 1.20 bits per heavy atom. The Hall–Kier alpha value is -1.82. The summed E-state index contributed by atoms with van der Waals surface area (Å²) in [6.45, 7) is 0.0308. The van der Waals surface area contributed by atoms with E-state index in [0.717, 1.165) is 12.1 Å². The van der Waals surface area contributed by atoms with Crippen molar-refractivity contribution in [2.75, 3.05) is 0 Å². The lowest BCUT2D eigenvalue weighted by atomic mass is 10.2. The van der Waals surface area contributed by atoms with E-state index >= 15 is 0 Å². The number of nitrogens with zero attached hydrogens (tertiary/aromatic N) is 2. The molecule has 0 unspecified atom stereocenters. The average molecular weight is 211 g/mol. The van der Waals surface area contributed by atoms with Gasteiger partial charge >= 0.3 is 0 Å². The summed E-state index contributed by atoms with van der Waals surface area (Å²) >= 11 is 0. The Balaban J connectivity index is 2.53. The van der Waals surface area contributed by atoms with Gasteiger partial charge in [0.15, 0.2) is 0 Å². The lowest BCUT2D eigenvalue weighted by molar-refractivity contribution is 0.497. The summed E-state index contributed by atoms with van der Waals surface area (Å²) in [5, 5.41) is 7.02. The van der Waals surface area contributed by atoms with Crippen LogP contribution in [0.5, 0.6) is 0 Å². The molecule has 0 saturated heterocycles. The largest absolute Gasteiger partial charge is 0.419 e. The van der Waals surface area contributed by atoms with Crippen molar-refractivity contribution >= 4 is 0 Å². The van der Waals surface area contributed by atoms with Gasteiger partial charge in [-0.15, -0.1) is 10.2 Å². The highest BCUT2D eigenvalue weighted by atomic mass is 19.1. The number of rotatable bonds is 2. The van der Waals surface area contributed by atoms with E-state index in [9.17, 15) is 8.78 Å². The molecule has 0 spiro atoms. The van der Waals surface area contributed by atoms with Crippen molar-refractivity contribution in [3.05, 3.63) is 35.7 Å². The summed E-state index contributed by atoms with van der Waals surface area (Å²) < 4.78 is 31.5. The molecule has 15 heavy (non-hydrogen) atoms. The van der Waals surface area contributed by atoms with Crippen LogP contribution in [0, 0.1) is 11.6 Å². The minimum Gasteiger partial charge on any atom is -0.419 e. The van der Waals surface area contributed by atoms with Crippen LogP contribution in [0.1, 0.15) is 5.89 Å². The molecule has 0 saturated carbocycles. The fourth-order valence-corrected chi connectivity index (χ4v) is 1.14. The quantitative estimate of drug-likeness (QED) is 0.816. The Bertz CT molecular complexity index is 464. The highest BCUT2D eigenvalue weighted by Crippen LogP contribution is 2.24. The number of nitrogens with two attached hydrogens (primary N) is 1. The summed E-state index contributed by atoms with van der Waals surface area (Å²) in [7, 11) is 0. The Labute approximate surface area is 83.7 Å². The maximum Gasteiger partial charge on any atom is 0.253 e. The van der Waals surface area contributed by atoms with Gasteiger partial charge in [0.1, 0.15) is 17.2 Å². The van der Waals surface area contributed by atoms with Crippen LogP contribution >= 0.6 is 0 Å². The molecule has 0 atom stereocenters. The number of hydrogen-bond donors (Lipinski definition) is 1. The highest BCUT2D eigenvalue weighted by molar-refractivity contribution is 5.54. The van der Waals surface area contributed by atoms with Crippen molar-refractivity contribution in [2.24, 2.45) is 5.73 Å². The molecule has 0 bridgehead atoms. The molecule has 4 nitrogen and oxygen atoms in total. The molecule has 78 valence electrons. The van der Waals surface area contributed by atoms with Crippen LogP contribution < -0.4 is 5.73 Å². The average Bonchev–Trinajstić information content (AvgIpc) is 2.66. The SMILES string of the molecule is NCc1nnc(-c2c(F)cccc2F)o1. The first kappa shape index (κ1) is 9.72. The van der Waals surface area contributed by atoms with E-state index in [1.165, 1.54) is 6.07 Å². The number of aromatic nitrogens is 2. The van der Waals surface area contributed by atoms with Crippen molar-refractivity contribution in [1.82, 2.24) is 10.2 Å². The van der Waals surface area contributed by atoms with Crippen LogP contribution in [0.15, 0.2) is 22.6 Å². The molecule has 2 rings (SSSR count). The Kier molecular flexibility index (Phi) is 2.42. The third-order valence-electron chi connectivity index (χ3n) is 1.82. The highest BCUT2D eigenvalue weighted by Gasteiger charge is 2.16. The van der Waals surface area contributed by atoms with E-state index in [0.29, 0.717) is 0 Å². The summed E-state index contributed by atoms with van der Waals surface area (Å²) in [6, 6.07) is 3.49. The van der Waals surface area contributed by atoms with Crippen LogP contribution in [-0.2, 0) is 6.54 Å². The Morgan fingerprint density at radius 2 is 1.87 bits per heavy atom. The first-order valence-corrected chi connectivity index (χ1v) is 4.19. The van der Waals surface area contributed by atoms with E-state index in [1.54, 1.807) is 0 Å². The summed E-state index contributed by atoms with van der Waals surface area (Å²) in [6.07, 6.45) is 0. The lowest BCUT2D eigenvalue weighted by Crippen LogP contribution is -1.95. The van der Waals surface area contributed by atoms with Crippen molar-refractivity contribution in [2.45, 2.75) is 6.54 Å². The van der Waals surface area contributed by atoms with Gasteiger partial charge in [0.25, 0.3) is 5.89 Å². The molecule has 0 radical (unpaired) electrons. The van der Waals surface area contributed by atoms with E-state index in [4.69, 9.17) is 10.2 Å². The minimum absolute atomic E-state index is 0.0308. The van der Waals surface area contributed by atoms with Gasteiger partial charge in [-0.05, 0) is 12.1 Å². The van der Waals surface area contributed by atoms with Gasteiger partial charge in [0.2, 0.25) is 5.89 Å². The topological polar surface area (TPSA) is 64.9 Å². The monoisotopic (exact) mass is 211 g/mol. The van der Waals surface area contributed by atoms with E-state index < -0.39 is 11.6 Å². The van der Waals surface area contributed by atoms with Crippen molar-refractivity contribution in [1.29, 1.82) is 0 Å². The van der Waals surface area contributed by atoms with Crippen molar-refractivity contribution in [3.8, 4) is 11.5 Å². The first-order valence-electron chi connectivity index (χ1n) is 4.19. The number of hydrogen-bond acceptors (Lipinski definition) is 4. The molecule has 0 aliphatic rings. The summed E-state index contributed by atoms with van der Waals surface area (Å²) in [4.78, 5) is 0. The van der Waals surface area contributed by atoms with Crippen LogP contribution in [0.2, 0.25) is 0 Å². The van der Waals surface area contributed by atoms with Crippen LogP contribution in [0.4, 0.5) is 8.78 Å². The van der Waals surface area contributed by atoms with Gasteiger partial charge in [-0.25, -0.2) is 8.78 Å². The standard InChI is InChI=1S/C9H7F2N3O/c10-5-2-1-3-6(11)8(5)9-14-13-7(4-12)15-9/h1-3H,4,12H2. The molecular formula is C9H7F2N3O. The van der Waals surface area contributed by atoms with Crippen LogP contribution in [-0.4, -0.2) is 10.2 Å². The van der Waals surface area contributed by atoms with Crippen LogP contribution in [0.3, 0.4) is 0 Å². The van der Waals surface area contributed by atoms with Crippen molar-refractivity contribution in [3.63, 3.8) is 0 Å². The normalized spacial score (nSPS) is 10.6. The molecule has 1 aromatic carbocycles. The maximum atomic E-state index is 13.3. The zero-order valence-corrected chi connectivity index (χ0v) is 7.58. The second-order valence-electron chi connectivity index (χ2n) is 2.80. The Morgan fingerprint density at radius 3 is 2.40 bits per heavy atom. The van der Waals surface area contributed by atoms with E-state index in [1.807, 2.05) is 0 Å². The second kappa shape index (κ2) is 3.74. The third kappa shape index (κ3) is 1.71. The third-order valence-corrected chi connectivity index (χ3v) is 1.82. The number of benzene rings is 1. The molecule has 0 amide bonds. The first-order chi connectivity index (χ1) is 7.22. The summed E-state index contributed by atoms with van der Waals surface area (Å²) in [5.74, 6) is -1.57. The molecule has 0 aliphatic heterocycles. The molecule has 6 heteroatoms. The number of halogens is 2. The molecule has 2 N–H and O–H groups in total.